The highest BCUT2D eigenvalue weighted by Crippen LogP contribution is 2.37. The lowest BCUT2D eigenvalue weighted by Crippen LogP contribution is -2.27. The molecular formula is C13H18N2O4. The van der Waals surface area contributed by atoms with Gasteiger partial charge in [0.2, 0.25) is 0 Å². The van der Waals surface area contributed by atoms with Gasteiger partial charge in [0.05, 0.1) is 18.1 Å². The fraction of sp³-hybridized carbons (Fsp3) is 0.385. The number of aliphatic hydroxyl groups excluding tert-OH is 1. The van der Waals surface area contributed by atoms with Crippen LogP contribution in [0.4, 0.5) is 11.4 Å². The van der Waals surface area contributed by atoms with Crippen molar-refractivity contribution in [3.05, 3.63) is 41.0 Å². The number of aliphatic hydroxyl groups is 1. The monoisotopic (exact) mass is 266 g/mol. The summed E-state index contributed by atoms with van der Waals surface area (Å²) in [7, 11) is 0. The molecule has 6 nitrogen and oxygen atoms in total. The first-order valence-electron chi connectivity index (χ1n) is 6.02. The number of hydrogen-bond donors (Lipinski definition) is 1. The second kappa shape index (κ2) is 7.38. The maximum absolute atomic E-state index is 11.2. The van der Waals surface area contributed by atoms with Gasteiger partial charge in [-0.1, -0.05) is 12.1 Å². The van der Waals surface area contributed by atoms with Crippen LogP contribution in [0.25, 0.3) is 0 Å². The molecule has 0 spiro atoms. The zero-order valence-electron chi connectivity index (χ0n) is 10.9. The Kier molecular flexibility index (Phi) is 5.81. The molecular weight excluding hydrogens is 248 g/mol. The number of hydrogen-bond acceptors (Lipinski definition) is 5. The second-order valence-corrected chi connectivity index (χ2v) is 3.77. The second-order valence-electron chi connectivity index (χ2n) is 3.77. The SMILES string of the molecule is C=CCN(CCO)c1cccc(OCC)c1[N+](=O)[O-]. The molecule has 0 unspecified atom stereocenters. The van der Waals surface area contributed by atoms with Crippen molar-refractivity contribution in [1.29, 1.82) is 0 Å². The van der Waals surface area contributed by atoms with Gasteiger partial charge in [0.1, 0.15) is 5.69 Å². The van der Waals surface area contributed by atoms with Crippen molar-refractivity contribution in [2.75, 3.05) is 31.2 Å². The predicted molar refractivity (Wildman–Crippen MR) is 73.8 cm³/mol. The highest BCUT2D eigenvalue weighted by atomic mass is 16.6. The van der Waals surface area contributed by atoms with E-state index in [1.807, 2.05) is 0 Å². The minimum Gasteiger partial charge on any atom is -0.487 e. The molecule has 0 aromatic heterocycles. The van der Waals surface area contributed by atoms with Crippen molar-refractivity contribution in [2.45, 2.75) is 6.92 Å². The fourth-order valence-electron chi connectivity index (χ4n) is 1.81. The first-order chi connectivity index (χ1) is 9.15. The van der Waals surface area contributed by atoms with Gasteiger partial charge in [-0.25, -0.2) is 0 Å². The highest BCUT2D eigenvalue weighted by molar-refractivity contribution is 5.70. The summed E-state index contributed by atoms with van der Waals surface area (Å²) in [5.41, 5.74) is 0.338. The van der Waals surface area contributed by atoms with E-state index in [1.54, 1.807) is 36.1 Å². The van der Waals surface area contributed by atoms with Crippen LogP contribution < -0.4 is 9.64 Å². The molecule has 0 saturated heterocycles. The molecule has 0 bridgehead atoms. The van der Waals surface area contributed by atoms with Gasteiger partial charge in [-0.3, -0.25) is 10.1 Å². The van der Waals surface area contributed by atoms with Crippen molar-refractivity contribution in [1.82, 2.24) is 0 Å². The van der Waals surface area contributed by atoms with E-state index < -0.39 is 4.92 Å². The smallest absolute Gasteiger partial charge is 0.333 e. The van der Waals surface area contributed by atoms with Crippen LogP contribution in [0.5, 0.6) is 5.75 Å². The van der Waals surface area contributed by atoms with Crippen LogP contribution in [-0.4, -0.2) is 36.3 Å². The quantitative estimate of drug-likeness (QED) is 0.442. The molecule has 1 rings (SSSR count). The molecule has 0 saturated carbocycles. The van der Waals surface area contributed by atoms with Crippen molar-refractivity contribution < 1.29 is 14.8 Å². The third-order valence-electron chi connectivity index (χ3n) is 2.52. The molecule has 104 valence electrons. The average molecular weight is 266 g/mol. The Balaban J connectivity index is 3.26. The molecule has 0 fully saturated rings. The molecule has 1 N–H and O–H groups in total. The van der Waals surface area contributed by atoms with Crippen molar-refractivity contribution in [2.24, 2.45) is 0 Å². The Morgan fingerprint density at radius 3 is 2.84 bits per heavy atom. The lowest BCUT2D eigenvalue weighted by atomic mass is 10.2. The Morgan fingerprint density at radius 2 is 2.32 bits per heavy atom. The molecule has 19 heavy (non-hydrogen) atoms. The molecule has 0 aliphatic rings. The minimum absolute atomic E-state index is 0.0837. The molecule has 0 amide bonds. The van der Waals surface area contributed by atoms with Gasteiger partial charge in [0.15, 0.2) is 5.75 Å². The van der Waals surface area contributed by atoms with Gasteiger partial charge in [0.25, 0.3) is 0 Å². The Morgan fingerprint density at radius 1 is 1.58 bits per heavy atom. The van der Waals surface area contributed by atoms with Crippen LogP contribution in [0, 0.1) is 10.1 Å². The summed E-state index contributed by atoms with van der Waals surface area (Å²) in [6.07, 6.45) is 1.63. The lowest BCUT2D eigenvalue weighted by molar-refractivity contribution is -0.385. The molecule has 0 aliphatic heterocycles. The van der Waals surface area contributed by atoms with E-state index >= 15 is 0 Å². The van der Waals surface area contributed by atoms with Gasteiger partial charge in [-0.05, 0) is 19.1 Å². The van der Waals surface area contributed by atoms with Gasteiger partial charge in [-0.2, -0.15) is 0 Å². The molecule has 1 aromatic carbocycles. The zero-order valence-corrected chi connectivity index (χ0v) is 10.9. The maximum Gasteiger partial charge on any atom is 0.333 e. The summed E-state index contributed by atoms with van der Waals surface area (Å²) in [6.45, 7) is 6.35. The summed E-state index contributed by atoms with van der Waals surface area (Å²) in [5, 5.41) is 20.3. The number of anilines is 1. The van der Waals surface area contributed by atoms with E-state index in [-0.39, 0.29) is 18.0 Å². The number of nitrogens with zero attached hydrogens (tertiary/aromatic N) is 2. The fourth-order valence-corrected chi connectivity index (χ4v) is 1.81. The van der Waals surface area contributed by atoms with E-state index in [9.17, 15) is 10.1 Å². The van der Waals surface area contributed by atoms with E-state index in [0.717, 1.165) is 0 Å². The van der Waals surface area contributed by atoms with Gasteiger partial charge in [0, 0.05) is 13.1 Å². The average Bonchev–Trinajstić information content (AvgIpc) is 2.38. The summed E-state index contributed by atoms with van der Waals surface area (Å²) in [4.78, 5) is 12.5. The predicted octanol–water partition coefficient (Wildman–Crippen LogP) is 1.98. The largest absolute Gasteiger partial charge is 0.487 e. The van der Waals surface area contributed by atoms with Crippen LogP contribution in [-0.2, 0) is 0 Å². The number of benzene rings is 1. The van der Waals surface area contributed by atoms with Crippen LogP contribution in [0.15, 0.2) is 30.9 Å². The third-order valence-corrected chi connectivity index (χ3v) is 2.52. The number of nitro groups is 1. The lowest BCUT2D eigenvalue weighted by Gasteiger charge is -2.22. The van der Waals surface area contributed by atoms with Crippen LogP contribution >= 0.6 is 0 Å². The Labute approximate surface area is 112 Å². The van der Waals surface area contributed by atoms with Crippen molar-refractivity contribution >= 4 is 11.4 Å². The topological polar surface area (TPSA) is 75.8 Å². The Hall–Kier alpha value is -2.08. The minimum atomic E-state index is -0.464. The van der Waals surface area contributed by atoms with E-state index in [4.69, 9.17) is 9.84 Å². The number of ether oxygens (including phenoxy) is 1. The molecule has 0 atom stereocenters. The summed E-state index contributed by atoms with van der Waals surface area (Å²) < 4.78 is 5.29. The summed E-state index contributed by atoms with van der Waals surface area (Å²) >= 11 is 0. The first kappa shape index (κ1) is 15.0. The standard InChI is InChI=1S/C13H18N2O4/c1-3-8-14(9-10-16)11-6-5-7-12(19-4-2)13(11)15(17)18/h3,5-7,16H,1,4,8-10H2,2H3. The molecule has 0 heterocycles. The first-order valence-corrected chi connectivity index (χ1v) is 6.02. The normalized spacial score (nSPS) is 10.0. The third kappa shape index (κ3) is 3.69. The summed E-state index contributed by atoms with van der Waals surface area (Å²) in [6, 6.07) is 4.90. The summed E-state index contributed by atoms with van der Waals surface area (Å²) in [5.74, 6) is 0.233. The molecule has 6 heteroatoms. The number of para-hydroxylation sites is 1. The molecule has 0 radical (unpaired) electrons. The van der Waals surface area contributed by atoms with Crippen molar-refractivity contribution in [3.63, 3.8) is 0 Å². The van der Waals surface area contributed by atoms with Gasteiger partial charge < -0.3 is 14.7 Å². The number of nitro benzene ring substituents is 1. The highest BCUT2D eigenvalue weighted by Gasteiger charge is 2.24. The molecule has 1 aromatic rings. The maximum atomic E-state index is 11.2. The van der Waals surface area contributed by atoms with Crippen molar-refractivity contribution in [3.8, 4) is 5.75 Å². The van der Waals surface area contributed by atoms with E-state index in [2.05, 4.69) is 6.58 Å². The molecule has 0 aliphatic carbocycles. The Bertz CT molecular complexity index is 448. The van der Waals surface area contributed by atoms with Crippen LogP contribution in [0.2, 0.25) is 0 Å². The van der Waals surface area contributed by atoms with E-state index in [1.165, 1.54) is 0 Å². The van der Waals surface area contributed by atoms with Gasteiger partial charge in [-0.15, -0.1) is 6.58 Å². The van der Waals surface area contributed by atoms with Crippen LogP contribution in [0.1, 0.15) is 6.92 Å². The van der Waals surface area contributed by atoms with E-state index in [0.29, 0.717) is 25.4 Å². The van der Waals surface area contributed by atoms with Crippen LogP contribution in [0.3, 0.4) is 0 Å². The number of rotatable bonds is 8. The van der Waals surface area contributed by atoms with Gasteiger partial charge >= 0.3 is 5.69 Å². The zero-order chi connectivity index (χ0) is 14.3.